The van der Waals surface area contributed by atoms with Crippen molar-refractivity contribution < 1.29 is 14.5 Å². The van der Waals surface area contributed by atoms with Gasteiger partial charge in [0.15, 0.2) is 5.25 Å². The van der Waals surface area contributed by atoms with E-state index in [0.717, 1.165) is 6.42 Å². The maximum atomic E-state index is 12.0. The van der Waals surface area contributed by atoms with Crippen LogP contribution in [0.2, 0.25) is 0 Å². The highest BCUT2D eigenvalue weighted by Gasteiger charge is 2.39. The molecule has 0 bridgehead atoms. The number of esters is 1. The van der Waals surface area contributed by atoms with Gasteiger partial charge in [-0.1, -0.05) is 37.3 Å². The molecule has 2 atom stereocenters. The first kappa shape index (κ1) is 16.5. The minimum atomic E-state index is -1.08. The largest absolute Gasteiger partial charge is 0.465 e. The molecule has 0 radical (unpaired) electrons. The third-order valence-corrected chi connectivity index (χ3v) is 4.13. The molecule has 0 spiro atoms. The van der Waals surface area contributed by atoms with Crippen molar-refractivity contribution in [1.82, 2.24) is 0 Å². The van der Waals surface area contributed by atoms with E-state index < -0.39 is 22.2 Å². The molecule has 0 aliphatic carbocycles. The van der Waals surface area contributed by atoms with E-state index in [1.54, 1.807) is 37.3 Å². The Hall–Kier alpha value is -1.56. The van der Waals surface area contributed by atoms with Crippen LogP contribution in [-0.4, -0.2) is 28.5 Å². The van der Waals surface area contributed by atoms with Crippen LogP contribution in [0.4, 0.5) is 0 Å². The Balaban J connectivity index is 3.04. The SMILES string of the molecule is CCCSC(C(=O)OCC)C(c1ccccc1)[N+](=O)[O-]. The number of carbonyl (C=O) groups is 1. The van der Waals surface area contributed by atoms with Gasteiger partial charge in [-0.3, -0.25) is 14.9 Å². The molecule has 0 fully saturated rings. The summed E-state index contributed by atoms with van der Waals surface area (Å²) in [5, 5.41) is 10.6. The molecule has 0 saturated carbocycles. The van der Waals surface area contributed by atoms with Gasteiger partial charge in [-0.15, -0.1) is 11.8 Å². The fraction of sp³-hybridized carbons (Fsp3) is 0.500. The molecule has 1 aromatic carbocycles. The van der Waals surface area contributed by atoms with Crippen molar-refractivity contribution in [3.8, 4) is 0 Å². The van der Waals surface area contributed by atoms with Gasteiger partial charge in [0.1, 0.15) is 0 Å². The smallest absolute Gasteiger partial charge is 0.326 e. The molecule has 0 amide bonds. The van der Waals surface area contributed by atoms with Crippen LogP contribution in [0.15, 0.2) is 30.3 Å². The Morgan fingerprint density at radius 1 is 1.35 bits per heavy atom. The lowest BCUT2D eigenvalue weighted by Gasteiger charge is -2.19. The second kappa shape index (κ2) is 8.58. The normalized spacial score (nSPS) is 13.5. The zero-order chi connectivity index (χ0) is 15.0. The summed E-state index contributed by atoms with van der Waals surface area (Å²) in [5.41, 5.74) is 0.527. The quantitative estimate of drug-likeness (QED) is 0.419. The zero-order valence-electron chi connectivity index (χ0n) is 11.7. The van der Waals surface area contributed by atoms with Crippen LogP contribution in [-0.2, 0) is 9.53 Å². The number of nitro groups is 1. The third-order valence-electron chi connectivity index (χ3n) is 2.68. The second-order valence-electron chi connectivity index (χ2n) is 4.18. The predicted octanol–water partition coefficient (Wildman–Crippen LogP) is 3.08. The second-order valence-corrected chi connectivity index (χ2v) is 5.43. The van der Waals surface area contributed by atoms with Crippen molar-refractivity contribution in [2.45, 2.75) is 31.6 Å². The fourth-order valence-electron chi connectivity index (χ4n) is 1.81. The average Bonchev–Trinajstić information content (AvgIpc) is 2.44. The van der Waals surface area contributed by atoms with E-state index in [0.29, 0.717) is 11.3 Å². The number of hydrogen-bond donors (Lipinski definition) is 0. The van der Waals surface area contributed by atoms with E-state index >= 15 is 0 Å². The lowest BCUT2D eigenvalue weighted by atomic mass is 10.0. The average molecular weight is 297 g/mol. The molecule has 1 aromatic rings. The van der Waals surface area contributed by atoms with Gasteiger partial charge in [0, 0.05) is 10.5 Å². The number of carbonyl (C=O) groups excluding carboxylic acids is 1. The van der Waals surface area contributed by atoms with Gasteiger partial charge < -0.3 is 4.74 Å². The topological polar surface area (TPSA) is 69.4 Å². The maximum Gasteiger partial charge on any atom is 0.326 e. The van der Waals surface area contributed by atoms with E-state index in [-0.39, 0.29) is 6.61 Å². The van der Waals surface area contributed by atoms with Crippen molar-refractivity contribution in [3.63, 3.8) is 0 Å². The highest BCUT2D eigenvalue weighted by Crippen LogP contribution is 2.30. The van der Waals surface area contributed by atoms with Crippen LogP contribution in [0.1, 0.15) is 31.9 Å². The van der Waals surface area contributed by atoms with Crippen LogP contribution in [0, 0.1) is 10.1 Å². The van der Waals surface area contributed by atoms with Gasteiger partial charge in [-0.05, 0) is 19.1 Å². The standard InChI is InChI=1S/C14H19NO4S/c1-3-10-20-13(14(16)19-4-2)12(15(17)18)11-8-6-5-7-9-11/h5-9,12-13H,3-4,10H2,1-2H3. The van der Waals surface area contributed by atoms with Crippen molar-refractivity contribution in [3.05, 3.63) is 46.0 Å². The van der Waals surface area contributed by atoms with E-state index in [9.17, 15) is 14.9 Å². The van der Waals surface area contributed by atoms with Crippen LogP contribution in [0.25, 0.3) is 0 Å². The first-order valence-corrected chi connectivity index (χ1v) is 7.63. The summed E-state index contributed by atoms with van der Waals surface area (Å²) in [6.45, 7) is 3.89. The molecule has 0 aromatic heterocycles. The Morgan fingerprint density at radius 2 is 2.00 bits per heavy atom. The van der Waals surface area contributed by atoms with E-state index in [1.807, 2.05) is 6.92 Å². The number of hydrogen-bond acceptors (Lipinski definition) is 5. The molecular weight excluding hydrogens is 278 g/mol. The fourth-order valence-corrected chi connectivity index (χ4v) is 2.95. The zero-order valence-corrected chi connectivity index (χ0v) is 12.5. The molecule has 2 unspecified atom stereocenters. The molecule has 1 rings (SSSR count). The van der Waals surface area contributed by atoms with Crippen LogP contribution >= 0.6 is 11.8 Å². The molecule has 0 aliphatic heterocycles. The van der Waals surface area contributed by atoms with E-state index in [1.165, 1.54) is 11.8 Å². The number of ether oxygens (including phenoxy) is 1. The molecule has 20 heavy (non-hydrogen) atoms. The predicted molar refractivity (Wildman–Crippen MR) is 79.3 cm³/mol. The van der Waals surface area contributed by atoms with Crippen LogP contribution in [0.5, 0.6) is 0 Å². The minimum absolute atomic E-state index is 0.223. The molecule has 6 heteroatoms. The van der Waals surface area contributed by atoms with Crippen molar-refractivity contribution >= 4 is 17.7 Å². The summed E-state index contributed by atoms with van der Waals surface area (Å²) in [6, 6.07) is 7.53. The molecule has 0 N–H and O–H groups in total. The maximum absolute atomic E-state index is 12.0. The van der Waals surface area contributed by atoms with Gasteiger partial charge in [0.25, 0.3) is 6.04 Å². The summed E-state index contributed by atoms with van der Waals surface area (Å²) in [6.07, 6.45) is 0.847. The number of thioether (sulfide) groups is 1. The Morgan fingerprint density at radius 3 is 2.50 bits per heavy atom. The molecule has 5 nitrogen and oxygen atoms in total. The van der Waals surface area contributed by atoms with Crippen LogP contribution < -0.4 is 0 Å². The van der Waals surface area contributed by atoms with Gasteiger partial charge in [-0.2, -0.15) is 0 Å². The van der Waals surface area contributed by atoms with Crippen molar-refractivity contribution in [2.75, 3.05) is 12.4 Å². The summed E-state index contributed by atoms with van der Waals surface area (Å²) in [4.78, 5) is 23.0. The van der Waals surface area contributed by atoms with Gasteiger partial charge in [-0.25, -0.2) is 0 Å². The third kappa shape index (κ3) is 4.52. The summed E-state index contributed by atoms with van der Waals surface area (Å²) in [5.74, 6) is 0.164. The Bertz CT molecular complexity index is 438. The lowest BCUT2D eigenvalue weighted by molar-refractivity contribution is -0.526. The minimum Gasteiger partial charge on any atom is -0.465 e. The monoisotopic (exact) mass is 297 g/mol. The van der Waals surface area contributed by atoms with Gasteiger partial charge >= 0.3 is 5.97 Å². The molecular formula is C14H19NO4S. The number of benzene rings is 1. The summed E-state index contributed by atoms with van der Waals surface area (Å²) < 4.78 is 4.99. The van der Waals surface area contributed by atoms with Crippen molar-refractivity contribution in [1.29, 1.82) is 0 Å². The highest BCUT2D eigenvalue weighted by atomic mass is 32.2. The molecule has 110 valence electrons. The van der Waals surface area contributed by atoms with E-state index in [4.69, 9.17) is 4.74 Å². The van der Waals surface area contributed by atoms with Gasteiger partial charge in [0.05, 0.1) is 6.61 Å². The molecule has 0 saturated heterocycles. The Labute approximate surface area is 122 Å². The highest BCUT2D eigenvalue weighted by molar-refractivity contribution is 8.00. The van der Waals surface area contributed by atoms with E-state index in [2.05, 4.69) is 0 Å². The number of rotatable bonds is 8. The lowest BCUT2D eigenvalue weighted by Crippen LogP contribution is -2.32. The van der Waals surface area contributed by atoms with Crippen molar-refractivity contribution in [2.24, 2.45) is 0 Å². The number of nitrogens with zero attached hydrogens (tertiary/aromatic N) is 1. The first-order chi connectivity index (χ1) is 9.61. The van der Waals surface area contributed by atoms with Gasteiger partial charge in [0.2, 0.25) is 0 Å². The summed E-state index contributed by atoms with van der Waals surface area (Å²) in [7, 11) is 0. The molecule has 0 heterocycles. The Kier molecular flexibility index (Phi) is 7.08. The molecule has 0 aliphatic rings. The first-order valence-electron chi connectivity index (χ1n) is 6.58. The summed E-state index contributed by atoms with van der Waals surface area (Å²) >= 11 is 1.28. The van der Waals surface area contributed by atoms with Crippen LogP contribution in [0.3, 0.4) is 0 Å².